The zero-order chi connectivity index (χ0) is 17.9. The maximum Gasteiger partial charge on any atom is 0.262 e. The van der Waals surface area contributed by atoms with E-state index in [4.69, 9.17) is 4.74 Å². The predicted molar refractivity (Wildman–Crippen MR) is 96.4 cm³/mol. The molecule has 1 aliphatic heterocycles. The van der Waals surface area contributed by atoms with Crippen LogP contribution in [-0.2, 0) is 14.8 Å². The largest absolute Gasteiger partial charge is 0.497 e. The van der Waals surface area contributed by atoms with E-state index in [-0.39, 0.29) is 10.8 Å². The summed E-state index contributed by atoms with van der Waals surface area (Å²) in [6, 6.07) is 13.2. The first-order valence-electron chi connectivity index (χ1n) is 8.07. The van der Waals surface area contributed by atoms with E-state index in [1.54, 1.807) is 35.2 Å². The number of amides is 1. The summed E-state index contributed by atoms with van der Waals surface area (Å²) in [7, 11) is -2.26. The highest BCUT2D eigenvalue weighted by molar-refractivity contribution is 7.92. The number of methoxy groups -OCH3 is 1. The zero-order valence-electron chi connectivity index (χ0n) is 13.9. The van der Waals surface area contributed by atoms with Gasteiger partial charge >= 0.3 is 0 Å². The Balaban J connectivity index is 1.85. The number of hydrogen-bond donors (Lipinski definition) is 1. The number of anilines is 2. The molecule has 1 heterocycles. The zero-order valence-corrected chi connectivity index (χ0v) is 14.8. The molecule has 2 aromatic rings. The van der Waals surface area contributed by atoms with Crippen molar-refractivity contribution in [3.05, 3.63) is 48.5 Å². The van der Waals surface area contributed by atoms with Crippen molar-refractivity contribution in [1.29, 1.82) is 0 Å². The van der Waals surface area contributed by atoms with Crippen molar-refractivity contribution in [2.24, 2.45) is 0 Å². The van der Waals surface area contributed by atoms with Gasteiger partial charge in [0, 0.05) is 24.7 Å². The molecule has 132 valence electrons. The fourth-order valence-electron chi connectivity index (χ4n) is 2.80. The highest BCUT2D eigenvalue weighted by atomic mass is 32.2. The van der Waals surface area contributed by atoms with Crippen molar-refractivity contribution in [3.8, 4) is 5.75 Å². The van der Waals surface area contributed by atoms with Crippen LogP contribution in [0.4, 0.5) is 11.4 Å². The second-order valence-corrected chi connectivity index (χ2v) is 7.52. The van der Waals surface area contributed by atoms with Gasteiger partial charge in [0.05, 0.1) is 17.7 Å². The van der Waals surface area contributed by atoms with Gasteiger partial charge in [-0.3, -0.25) is 9.52 Å². The van der Waals surface area contributed by atoms with Crippen LogP contribution in [0, 0.1) is 0 Å². The van der Waals surface area contributed by atoms with Gasteiger partial charge in [0.1, 0.15) is 5.75 Å². The molecule has 3 rings (SSSR count). The van der Waals surface area contributed by atoms with Crippen molar-refractivity contribution in [2.45, 2.75) is 24.2 Å². The topological polar surface area (TPSA) is 75.7 Å². The molecular weight excluding hydrogens is 340 g/mol. The van der Waals surface area contributed by atoms with Gasteiger partial charge in [-0.05, 0) is 43.2 Å². The molecule has 0 aliphatic carbocycles. The number of carbonyl (C=O) groups is 1. The van der Waals surface area contributed by atoms with E-state index in [0.29, 0.717) is 30.1 Å². The summed E-state index contributed by atoms with van der Waals surface area (Å²) < 4.78 is 32.8. The van der Waals surface area contributed by atoms with Gasteiger partial charge in [0.2, 0.25) is 5.91 Å². The molecule has 0 radical (unpaired) electrons. The number of nitrogens with one attached hydrogen (secondary N) is 1. The normalized spacial score (nSPS) is 15.1. The fourth-order valence-corrected chi connectivity index (χ4v) is 3.88. The van der Waals surface area contributed by atoms with Crippen LogP contribution in [-0.4, -0.2) is 28.0 Å². The predicted octanol–water partition coefficient (Wildman–Crippen LogP) is 3.01. The Morgan fingerprint density at radius 3 is 2.64 bits per heavy atom. The van der Waals surface area contributed by atoms with Crippen LogP contribution in [0.1, 0.15) is 19.3 Å². The van der Waals surface area contributed by atoms with Gasteiger partial charge in [0.25, 0.3) is 10.0 Å². The third-order valence-corrected chi connectivity index (χ3v) is 5.46. The minimum absolute atomic E-state index is 0.0686. The Kier molecular flexibility index (Phi) is 4.94. The van der Waals surface area contributed by atoms with Gasteiger partial charge in [-0.2, -0.15) is 0 Å². The van der Waals surface area contributed by atoms with Crippen LogP contribution in [0.5, 0.6) is 5.75 Å². The van der Waals surface area contributed by atoms with Crippen molar-refractivity contribution in [3.63, 3.8) is 0 Å². The van der Waals surface area contributed by atoms with Crippen LogP contribution in [0.25, 0.3) is 0 Å². The monoisotopic (exact) mass is 360 g/mol. The van der Waals surface area contributed by atoms with Crippen LogP contribution in [0.2, 0.25) is 0 Å². The molecule has 0 aromatic heterocycles. The summed E-state index contributed by atoms with van der Waals surface area (Å²) in [4.78, 5) is 13.9. The summed E-state index contributed by atoms with van der Waals surface area (Å²) in [6.45, 7) is 0.658. The third kappa shape index (κ3) is 3.93. The highest BCUT2D eigenvalue weighted by Crippen LogP contribution is 2.26. The van der Waals surface area contributed by atoms with Gasteiger partial charge < -0.3 is 9.64 Å². The van der Waals surface area contributed by atoms with E-state index in [0.717, 1.165) is 12.8 Å². The summed E-state index contributed by atoms with van der Waals surface area (Å²) in [5.74, 6) is 0.537. The average molecular weight is 360 g/mol. The SMILES string of the molecule is COc1cccc(S(=O)(=O)Nc2cccc(N3CCCCC3=O)c2)c1. The van der Waals surface area contributed by atoms with Crippen molar-refractivity contribution in [1.82, 2.24) is 0 Å². The third-order valence-electron chi connectivity index (χ3n) is 4.08. The fraction of sp³-hybridized carbons (Fsp3) is 0.278. The maximum absolute atomic E-state index is 12.6. The lowest BCUT2D eigenvalue weighted by molar-refractivity contribution is -0.119. The van der Waals surface area contributed by atoms with Gasteiger partial charge in [-0.1, -0.05) is 12.1 Å². The average Bonchev–Trinajstić information content (AvgIpc) is 2.62. The number of hydrogen-bond acceptors (Lipinski definition) is 4. The molecule has 0 spiro atoms. The summed E-state index contributed by atoms with van der Waals surface area (Å²) in [5, 5.41) is 0. The lowest BCUT2D eigenvalue weighted by Gasteiger charge is -2.27. The molecule has 6 nitrogen and oxygen atoms in total. The van der Waals surface area contributed by atoms with Crippen molar-refractivity contribution < 1.29 is 17.9 Å². The number of piperidine rings is 1. The number of nitrogens with zero attached hydrogens (tertiary/aromatic N) is 1. The number of rotatable bonds is 5. The first-order valence-corrected chi connectivity index (χ1v) is 9.55. The second kappa shape index (κ2) is 7.14. The number of sulfonamides is 1. The summed E-state index contributed by atoms with van der Waals surface area (Å²) in [6.07, 6.45) is 2.38. The van der Waals surface area contributed by atoms with Crippen molar-refractivity contribution in [2.75, 3.05) is 23.3 Å². The Bertz CT molecular complexity index is 880. The summed E-state index contributed by atoms with van der Waals surface area (Å²) in [5.41, 5.74) is 1.12. The molecule has 1 fully saturated rings. The Hall–Kier alpha value is -2.54. The second-order valence-electron chi connectivity index (χ2n) is 5.84. The molecule has 0 atom stereocenters. The Labute approximate surface area is 147 Å². The molecule has 1 amide bonds. The standard InChI is InChI=1S/C18H20N2O4S/c1-24-16-8-5-9-17(13-16)25(22,23)19-14-6-4-7-15(12-14)20-11-3-2-10-18(20)21/h4-9,12-13,19H,2-3,10-11H2,1H3. The molecule has 0 unspecified atom stereocenters. The maximum atomic E-state index is 12.6. The van der Waals surface area contributed by atoms with E-state index in [1.807, 2.05) is 6.07 Å². The van der Waals surface area contributed by atoms with Gasteiger partial charge in [-0.25, -0.2) is 8.42 Å². The van der Waals surface area contributed by atoms with Crippen LogP contribution in [0.15, 0.2) is 53.4 Å². The number of carbonyl (C=O) groups excluding carboxylic acids is 1. The smallest absolute Gasteiger partial charge is 0.262 e. The highest BCUT2D eigenvalue weighted by Gasteiger charge is 2.20. The van der Waals surface area contributed by atoms with Gasteiger partial charge in [-0.15, -0.1) is 0 Å². The van der Waals surface area contributed by atoms with Crippen LogP contribution >= 0.6 is 0 Å². The molecule has 2 aromatic carbocycles. The molecule has 0 saturated carbocycles. The van der Waals surface area contributed by atoms with E-state index < -0.39 is 10.0 Å². The van der Waals surface area contributed by atoms with E-state index in [2.05, 4.69) is 4.72 Å². The molecule has 1 saturated heterocycles. The Morgan fingerprint density at radius 2 is 1.88 bits per heavy atom. The first-order chi connectivity index (χ1) is 12.0. The van der Waals surface area contributed by atoms with E-state index >= 15 is 0 Å². The Morgan fingerprint density at radius 1 is 1.08 bits per heavy atom. The lowest BCUT2D eigenvalue weighted by Crippen LogP contribution is -2.35. The molecule has 0 bridgehead atoms. The molecule has 7 heteroatoms. The van der Waals surface area contributed by atoms with Gasteiger partial charge in [0.15, 0.2) is 0 Å². The first kappa shape index (κ1) is 17.3. The van der Waals surface area contributed by atoms with Crippen LogP contribution < -0.4 is 14.4 Å². The van der Waals surface area contributed by atoms with E-state index in [9.17, 15) is 13.2 Å². The lowest BCUT2D eigenvalue weighted by atomic mass is 10.1. The molecule has 1 aliphatic rings. The molecule has 1 N–H and O–H groups in total. The number of benzene rings is 2. The molecule has 25 heavy (non-hydrogen) atoms. The van der Waals surface area contributed by atoms with Crippen LogP contribution in [0.3, 0.4) is 0 Å². The quantitative estimate of drug-likeness (QED) is 0.889. The van der Waals surface area contributed by atoms with Crippen molar-refractivity contribution >= 4 is 27.3 Å². The molecular formula is C18H20N2O4S. The van der Waals surface area contributed by atoms with E-state index in [1.165, 1.54) is 19.2 Å². The summed E-state index contributed by atoms with van der Waals surface area (Å²) >= 11 is 0. The minimum atomic E-state index is -3.74. The minimum Gasteiger partial charge on any atom is -0.497 e. The number of ether oxygens (including phenoxy) is 1.